The molecule has 0 aliphatic carbocycles. The molecule has 0 aromatic rings. The van der Waals surface area contributed by atoms with Gasteiger partial charge < -0.3 is 24.4 Å². The van der Waals surface area contributed by atoms with Gasteiger partial charge in [-0.25, -0.2) is 4.57 Å². The van der Waals surface area contributed by atoms with Crippen LogP contribution < -0.4 is 0 Å². The average molecular weight is 767 g/mol. The Labute approximate surface area is 322 Å². The number of allylic oxidation sites excluding steroid dienone is 10. The van der Waals surface area contributed by atoms with E-state index >= 15 is 0 Å². The molecule has 53 heavy (non-hydrogen) atoms. The minimum atomic E-state index is -4.78. The van der Waals surface area contributed by atoms with E-state index < -0.39 is 32.5 Å². The van der Waals surface area contributed by atoms with Gasteiger partial charge in [-0.05, 0) is 90.4 Å². The summed E-state index contributed by atoms with van der Waals surface area (Å²) in [6.45, 7) is 3.18. The highest BCUT2D eigenvalue weighted by molar-refractivity contribution is 7.46. The van der Waals surface area contributed by atoms with Gasteiger partial charge in [0.2, 0.25) is 0 Å². The van der Waals surface area contributed by atoms with Crippen molar-refractivity contribution in [1.82, 2.24) is 0 Å². The van der Waals surface area contributed by atoms with Crippen molar-refractivity contribution < 1.29 is 43.0 Å². The second kappa shape index (κ2) is 38.0. The lowest BCUT2D eigenvalue weighted by atomic mass is 10.1. The van der Waals surface area contributed by atoms with Crippen molar-refractivity contribution in [2.24, 2.45) is 0 Å². The Bertz CT molecular complexity index is 1060. The van der Waals surface area contributed by atoms with Crippen LogP contribution in [0.1, 0.15) is 174 Å². The fourth-order valence-corrected chi connectivity index (χ4v) is 5.80. The van der Waals surface area contributed by atoms with Crippen LogP contribution in [0, 0.1) is 0 Å². The van der Waals surface area contributed by atoms with Gasteiger partial charge in [0, 0.05) is 12.8 Å². The van der Waals surface area contributed by atoms with Crippen molar-refractivity contribution in [3.63, 3.8) is 0 Å². The van der Waals surface area contributed by atoms with E-state index in [1.165, 1.54) is 64.2 Å². The van der Waals surface area contributed by atoms with Crippen LogP contribution in [0.4, 0.5) is 0 Å². The standard InChI is InChI=1S/C43H75O9P/c1-3-4-5-6-7-8-9-10-11-12-15-19-22-25-28-31-34-37-43(46)52-41(39-51-53(47,48)49)38-50-42(45)36-33-30-27-24-21-18-16-13-14-17-20-23-26-29-32-35-40(2)44/h10-11,14,16-18,23-24,26-27,40-41,44H,3-9,12-13,15,19-22,25,28-39H2,1-2H3,(H2,47,48,49)/b11-10-,17-14-,18-16-,26-23-,27-24-/t40-,41-/m1/s1. The van der Waals surface area contributed by atoms with E-state index in [1.54, 1.807) is 0 Å². The van der Waals surface area contributed by atoms with Crippen LogP contribution >= 0.6 is 7.82 Å². The van der Waals surface area contributed by atoms with Gasteiger partial charge in [-0.3, -0.25) is 14.1 Å². The van der Waals surface area contributed by atoms with E-state index in [2.05, 4.69) is 60.1 Å². The molecule has 0 aliphatic heterocycles. The molecule has 0 heterocycles. The quantitative estimate of drug-likeness (QED) is 0.0244. The number of ether oxygens (including phenoxy) is 2. The van der Waals surface area contributed by atoms with E-state index in [0.29, 0.717) is 19.3 Å². The highest BCUT2D eigenvalue weighted by Crippen LogP contribution is 2.36. The number of rotatable bonds is 37. The molecule has 9 nitrogen and oxygen atoms in total. The van der Waals surface area contributed by atoms with Gasteiger partial charge in [0.15, 0.2) is 6.10 Å². The maximum atomic E-state index is 12.4. The summed E-state index contributed by atoms with van der Waals surface area (Å²) in [5.74, 6) is -0.974. The zero-order valence-electron chi connectivity index (χ0n) is 33.3. The smallest absolute Gasteiger partial charge is 0.462 e. The van der Waals surface area contributed by atoms with E-state index in [-0.39, 0.29) is 25.6 Å². The van der Waals surface area contributed by atoms with Crippen molar-refractivity contribution in [3.05, 3.63) is 60.8 Å². The number of aliphatic hydroxyl groups excluding tert-OH is 1. The lowest BCUT2D eigenvalue weighted by Crippen LogP contribution is -2.29. The molecule has 10 heteroatoms. The number of phosphoric ester groups is 1. The fourth-order valence-electron chi connectivity index (χ4n) is 5.44. The number of carbonyl (C=O) groups is 2. The lowest BCUT2D eigenvalue weighted by Gasteiger charge is -2.18. The van der Waals surface area contributed by atoms with Gasteiger partial charge in [0.05, 0.1) is 12.7 Å². The van der Waals surface area contributed by atoms with E-state index in [0.717, 1.165) is 64.2 Å². The van der Waals surface area contributed by atoms with Crippen LogP contribution in [-0.4, -0.2) is 52.3 Å². The number of phosphoric acid groups is 1. The first-order chi connectivity index (χ1) is 25.6. The molecular formula is C43H75O9P. The Morgan fingerprint density at radius 3 is 1.53 bits per heavy atom. The minimum Gasteiger partial charge on any atom is -0.462 e. The summed E-state index contributed by atoms with van der Waals surface area (Å²) in [7, 11) is -4.78. The minimum absolute atomic E-state index is 0.177. The van der Waals surface area contributed by atoms with Crippen LogP contribution in [0.2, 0.25) is 0 Å². The third-order valence-electron chi connectivity index (χ3n) is 8.53. The molecular weight excluding hydrogens is 691 g/mol. The Hall–Kier alpha value is -2.29. The van der Waals surface area contributed by atoms with Crippen molar-refractivity contribution >= 4 is 19.8 Å². The lowest BCUT2D eigenvalue weighted by molar-refractivity contribution is -0.161. The third-order valence-corrected chi connectivity index (χ3v) is 9.01. The van der Waals surface area contributed by atoms with Gasteiger partial charge in [-0.15, -0.1) is 0 Å². The SMILES string of the molecule is CCCCCCCC/C=C\CCCCCCCCCC(=O)O[C@H](COC(=O)CCC/C=C\C/C=C\C/C=C\C/C=C\CCC[C@@H](C)O)COP(=O)(O)O. The molecule has 0 amide bonds. The molecule has 0 fully saturated rings. The van der Waals surface area contributed by atoms with Crippen LogP contribution in [0.15, 0.2) is 60.8 Å². The van der Waals surface area contributed by atoms with Crippen molar-refractivity contribution in [3.8, 4) is 0 Å². The molecule has 2 atom stereocenters. The maximum Gasteiger partial charge on any atom is 0.469 e. The maximum absolute atomic E-state index is 12.4. The van der Waals surface area contributed by atoms with Crippen LogP contribution in [-0.2, 0) is 28.2 Å². The summed E-state index contributed by atoms with van der Waals surface area (Å²) < 4.78 is 26.3. The first-order valence-electron chi connectivity index (χ1n) is 20.6. The average Bonchev–Trinajstić information content (AvgIpc) is 3.11. The van der Waals surface area contributed by atoms with E-state index in [1.807, 2.05) is 19.1 Å². The molecule has 0 saturated carbocycles. The summed E-state index contributed by atoms with van der Waals surface area (Å²) in [6, 6.07) is 0. The molecule has 0 saturated heterocycles. The van der Waals surface area contributed by atoms with Gasteiger partial charge in [0.1, 0.15) is 6.61 Å². The summed E-state index contributed by atoms with van der Waals surface area (Å²) in [5, 5.41) is 9.25. The fraction of sp³-hybridized carbons (Fsp3) is 0.721. The van der Waals surface area contributed by atoms with Crippen molar-refractivity contribution in [2.45, 2.75) is 187 Å². The molecule has 0 rings (SSSR count). The molecule has 0 spiro atoms. The summed E-state index contributed by atoms with van der Waals surface area (Å²) in [4.78, 5) is 42.8. The third kappa shape index (κ3) is 42.3. The van der Waals surface area contributed by atoms with E-state index in [9.17, 15) is 19.3 Å². The number of hydrogen-bond donors (Lipinski definition) is 3. The normalized spacial score (nSPS) is 13.7. The summed E-state index contributed by atoms with van der Waals surface area (Å²) in [5.41, 5.74) is 0. The van der Waals surface area contributed by atoms with Crippen LogP contribution in [0.3, 0.4) is 0 Å². The van der Waals surface area contributed by atoms with Crippen LogP contribution in [0.25, 0.3) is 0 Å². The van der Waals surface area contributed by atoms with Crippen LogP contribution in [0.5, 0.6) is 0 Å². The number of aliphatic hydroxyl groups is 1. The zero-order chi connectivity index (χ0) is 39.1. The Morgan fingerprint density at radius 1 is 0.566 bits per heavy atom. The highest BCUT2D eigenvalue weighted by atomic mass is 31.2. The molecule has 0 aromatic carbocycles. The predicted molar refractivity (Wildman–Crippen MR) is 217 cm³/mol. The van der Waals surface area contributed by atoms with Crippen molar-refractivity contribution in [2.75, 3.05) is 13.2 Å². The van der Waals surface area contributed by atoms with Crippen molar-refractivity contribution in [1.29, 1.82) is 0 Å². The predicted octanol–water partition coefficient (Wildman–Crippen LogP) is 11.5. The van der Waals surface area contributed by atoms with Gasteiger partial charge in [0.25, 0.3) is 0 Å². The second-order valence-corrected chi connectivity index (χ2v) is 15.1. The first kappa shape index (κ1) is 50.7. The summed E-state index contributed by atoms with van der Waals surface area (Å²) in [6.07, 6.45) is 45.0. The Morgan fingerprint density at radius 2 is 1.00 bits per heavy atom. The van der Waals surface area contributed by atoms with Gasteiger partial charge >= 0.3 is 19.8 Å². The molecule has 306 valence electrons. The summed E-state index contributed by atoms with van der Waals surface area (Å²) >= 11 is 0. The monoisotopic (exact) mass is 767 g/mol. The molecule has 3 N–H and O–H groups in total. The topological polar surface area (TPSA) is 140 Å². The van der Waals surface area contributed by atoms with Gasteiger partial charge in [-0.2, -0.15) is 0 Å². The zero-order valence-corrected chi connectivity index (χ0v) is 34.2. The number of carbonyl (C=O) groups excluding carboxylic acids is 2. The highest BCUT2D eigenvalue weighted by Gasteiger charge is 2.22. The number of hydrogen-bond acceptors (Lipinski definition) is 7. The molecule has 0 unspecified atom stereocenters. The van der Waals surface area contributed by atoms with Gasteiger partial charge in [-0.1, -0.05) is 132 Å². The molecule has 0 aromatic heterocycles. The van der Waals surface area contributed by atoms with E-state index in [4.69, 9.17) is 19.3 Å². The Kier molecular flexibility index (Phi) is 36.4. The first-order valence-corrected chi connectivity index (χ1v) is 22.1. The number of esters is 2. The molecule has 0 radical (unpaired) electrons. The second-order valence-electron chi connectivity index (χ2n) is 13.9. The Balaban J connectivity index is 4.04. The largest absolute Gasteiger partial charge is 0.469 e. The molecule has 0 aliphatic rings. The molecule has 0 bridgehead atoms. The number of unbranched alkanes of at least 4 members (excludes halogenated alkanes) is 15.